The maximum Gasteiger partial charge on any atom is 0.269 e. The maximum atomic E-state index is 10.7. The van der Waals surface area contributed by atoms with Crippen LogP contribution in [0.25, 0.3) is 10.2 Å². The molecule has 3 aromatic rings. The van der Waals surface area contributed by atoms with Crippen molar-refractivity contribution in [2.24, 2.45) is 0 Å². The van der Waals surface area contributed by atoms with Crippen molar-refractivity contribution in [3.63, 3.8) is 0 Å². The molecule has 0 aliphatic carbocycles. The van der Waals surface area contributed by atoms with E-state index in [0.29, 0.717) is 0 Å². The van der Waals surface area contributed by atoms with Crippen LogP contribution in [0.3, 0.4) is 0 Å². The lowest BCUT2D eigenvalue weighted by atomic mass is 10.2. The van der Waals surface area contributed by atoms with Crippen LogP contribution < -0.4 is 0 Å². The zero-order valence-electron chi connectivity index (χ0n) is 11.9. The number of thiophene rings is 1. The van der Waals surface area contributed by atoms with Gasteiger partial charge in [0.2, 0.25) is 0 Å². The molecule has 0 radical (unpaired) electrons. The lowest BCUT2D eigenvalue weighted by Gasteiger charge is -2.05. The summed E-state index contributed by atoms with van der Waals surface area (Å²) in [4.78, 5) is 20.4. The van der Waals surface area contributed by atoms with Crippen molar-refractivity contribution in [1.29, 1.82) is 0 Å². The highest BCUT2D eigenvalue weighted by atomic mass is 32.2. The minimum Gasteiger partial charge on any atom is -0.258 e. The minimum atomic E-state index is -0.385. The number of nitrogens with zero attached hydrogens (tertiary/aromatic N) is 3. The number of nitro groups is 1. The van der Waals surface area contributed by atoms with E-state index in [-0.39, 0.29) is 10.6 Å². The topological polar surface area (TPSA) is 68.9 Å². The molecule has 2 aromatic heterocycles. The van der Waals surface area contributed by atoms with Gasteiger partial charge in [0.1, 0.15) is 15.7 Å². The molecule has 2 heterocycles. The summed E-state index contributed by atoms with van der Waals surface area (Å²) in [6.45, 7) is 2.04. The number of nitro benzene ring substituents is 1. The van der Waals surface area contributed by atoms with E-state index in [1.165, 1.54) is 12.1 Å². The molecule has 0 atom stereocenters. The first-order valence-electron chi connectivity index (χ1n) is 6.77. The summed E-state index contributed by atoms with van der Waals surface area (Å²) in [6.07, 6.45) is 0.804. The Morgan fingerprint density at radius 1 is 1.23 bits per heavy atom. The van der Waals surface area contributed by atoms with Crippen molar-refractivity contribution >= 4 is 39.0 Å². The molecule has 0 amide bonds. The number of aryl methyl sites for hydroxylation is 1. The Labute approximate surface area is 135 Å². The average Bonchev–Trinajstić information content (AvgIpc) is 3.01. The molecular weight excluding hydrogens is 318 g/mol. The summed E-state index contributed by atoms with van der Waals surface area (Å²) in [5.41, 5.74) is 1.15. The molecule has 0 bridgehead atoms. The lowest BCUT2D eigenvalue weighted by Crippen LogP contribution is -1.95. The highest BCUT2D eigenvalue weighted by molar-refractivity contribution is 7.98. The van der Waals surface area contributed by atoms with E-state index in [9.17, 15) is 10.1 Å². The molecule has 3 rings (SSSR count). The summed E-state index contributed by atoms with van der Waals surface area (Å²) in [5, 5.41) is 14.7. The van der Waals surface area contributed by atoms with Crippen molar-refractivity contribution in [2.45, 2.75) is 24.1 Å². The van der Waals surface area contributed by atoms with Gasteiger partial charge in [0.05, 0.1) is 4.92 Å². The summed E-state index contributed by atoms with van der Waals surface area (Å²) in [7, 11) is 0. The van der Waals surface area contributed by atoms with E-state index in [1.807, 2.05) is 18.4 Å². The Bertz CT molecular complexity index is 815. The fraction of sp³-hybridized carbons (Fsp3) is 0.200. The number of thioether (sulfide) groups is 1. The van der Waals surface area contributed by atoms with Gasteiger partial charge in [-0.1, -0.05) is 19.1 Å². The van der Waals surface area contributed by atoms with E-state index in [0.717, 1.165) is 38.8 Å². The quantitative estimate of drug-likeness (QED) is 0.299. The normalized spacial score (nSPS) is 11.0. The average molecular weight is 331 g/mol. The van der Waals surface area contributed by atoms with Crippen LogP contribution in [0.1, 0.15) is 18.3 Å². The van der Waals surface area contributed by atoms with E-state index in [2.05, 4.69) is 9.97 Å². The van der Waals surface area contributed by atoms with E-state index >= 15 is 0 Å². The Balaban J connectivity index is 1.81. The molecule has 1 aromatic carbocycles. The van der Waals surface area contributed by atoms with Crippen LogP contribution in [-0.2, 0) is 12.2 Å². The molecule has 0 fully saturated rings. The minimum absolute atomic E-state index is 0.115. The summed E-state index contributed by atoms with van der Waals surface area (Å²) in [6, 6.07) is 8.69. The van der Waals surface area contributed by atoms with E-state index in [4.69, 9.17) is 0 Å². The smallest absolute Gasteiger partial charge is 0.258 e. The van der Waals surface area contributed by atoms with Crippen molar-refractivity contribution in [3.8, 4) is 0 Å². The van der Waals surface area contributed by atoms with Crippen LogP contribution in [0.4, 0.5) is 5.69 Å². The standard InChI is InChI=1S/C15H13N3O2S2/c1-2-13-16-14-12(7-8-21-14)15(17-13)22-9-10-3-5-11(6-4-10)18(19)20/h3-8H,2,9H2,1H3. The first-order valence-corrected chi connectivity index (χ1v) is 8.64. The second-order valence-electron chi connectivity index (χ2n) is 4.65. The van der Waals surface area contributed by atoms with Crippen molar-refractivity contribution in [2.75, 3.05) is 0 Å². The summed E-state index contributed by atoms with van der Waals surface area (Å²) >= 11 is 3.26. The molecule has 0 aliphatic heterocycles. The molecule has 0 saturated heterocycles. The van der Waals surface area contributed by atoms with Crippen LogP contribution in [0.15, 0.2) is 40.7 Å². The Morgan fingerprint density at radius 2 is 2.00 bits per heavy atom. The van der Waals surface area contributed by atoms with Gasteiger partial charge in [0, 0.05) is 29.7 Å². The van der Waals surface area contributed by atoms with Gasteiger partial charge in [0.15, 0.2) is 0 Å². The second-order valence-corrected chi connectivity index (χ2v) is 6.51. The molecule has 5 nitrogen and oxygen atoms in total. The third-order valence-electron chi connectivity index (χ3n) is 3.18. The van der Waals surface area contributed by atoms with Gasteiger partial charge >= 0.3 is 0 Å². The largest absolute Gasteiger partial charge is 0.269 e. The Kier molecular flexibility index (Phi) is 4.35. The predicted octanol–water partition coefficient (Wildman–Crippen LogP) is 4.45. The van der Waals surface area contributed by atoms with Gasteiger partial charge in [-0.05, 0) is 17.0 Å². The zero-order valence-corrected chi connectivity index (χ0v) is 13.5. The van der Waals surface area contributed by atoms with E-state index in [1.54, 1.807) is 35.2 Å². The summed E-state index contributed by atoms with van der Waals surface area (Å²) in [5.74, 6) is 1.57. The lowest BCUT2D eigenvalue weighted by molar-refractivity contribution is -0.384. The third-order valence-corrected chi connectivity index (χ3v) is 5.04. The number of hydrogen-bond donors (Lipinski definition) is 0. The Hall–Kier alpha value is -1.99. The number of rotatable bonds is 5. The molecule has 0 saturated carbocycles. The molecule has 7 heteroatoms. The van der Waals surface area contributed by atoms with Gasteiger partial charge in [-0.2, -0.15) is 0 Å². The Morgan fingerprint density at radius 3 is 2.68 bits per heavy atom. The van der Waals surface area contributed by atoms with Crippen LogP contribution >= 0.6 is 23.1 Å². The highest BCUT2D eigenvalue weighted by Crippen LogP contribution is 2.31. The molecule has 0 unspecified atom stereocenters. The predicted molar refractivity (Wildman–Crippen MR) is 89.5 cm³/mol. The van der Waals surface area contributed by atoms with Crippen LogP contribution in [0.2, 0.25) is 0 Å². The van der Waals surface area contributed by atoms with Gasteiger partial charge in [-0.15, -0.1) is 23.1 Å². The third kappa shape index (κ3) is 3.10. The van der Waals surface area contributed by atoms with E-state index < -0.39 is 0 Å². The fourth-order valence-corrected chi connectivity index (χ4v) is 3.84. The van der Waals surface area contributed by atoms with Crippen molar-refractivity contribution in [1.82, 2.24) is 9.97 Å². The highest BCUT2D eigenvalue weighted by Gasteiger charge is 2.10. The first-order chi connectivity index (χ1) is 10.7. The molecule has 0 spiro atoms. The van der Waals surface area contributed by atoms with Crippen LogP contribution in [0.5, 0.6) is 0 Å². The maximum absolute atomic E-state index is 10.7. The SMILES string of the molecule is CCc1nc(SCc2ccc([N+](=O)[O-])cc2)c2ccsc2n1. The number of non-ortho nitro benzene ring substituents is 1. The number of benzene rings is 1. The fourth-order valence-electron chi connectivity index (χ4n) is 2.00. The monoisotopic (exact) mass is 331 g/mol. The molecule has 112 valence electrons. The van der Waals surface area contributed by atoms with Gasteiger partial charge in [-0.25, -0.2) is 9.97 Å². The molecule has 0 N–H and O–H groups in total. The van der Waals surface area contributed by atoms with Crippen molar-refractivity contribution in [3.05, 3.63) is 57.2 Å². The molecule has 0 aliphatic rings. The molecule has 22 heavy (non-hydrogen) atoms. The number of aromatic nitrogens is 2. The van der Waals surface area contributed by atoms with Gasteiger partial charge < -0.3 is 0 Å². The first kappa shape index (κ1) is 14.9. The second kappa shape index (κ2) is 6.41. The van der Waals surface area contributed by atoms with Crippen LogP contribution in [0, 0.1) is 10.1 Å². The van der Waals surface area contributed by atoms with Gasteiger partial charge in [0.25, 0.3) is 5.69 Å². The molecular formula is C15H13N3O2S2. The zero-order chi connectivity index (χ0) is 15.5. The van der Waals surface area contributed by atoms with Crippen molar-refractivity contribution < 1.29 is 4.92 Å². The number of hydrogen-bond acceptors (Lipinski definition) is 6. The van der Waals surface area contributed by atoms with Crippen LogP contribution in [-0.4, -0.2) is 14.9 Å². The summed E-state index contributed by atoms with van der Waals surface area (Å²) < 4.78 is 0. The number of fused-ring (bicyclic) bond motifs is 1. The van der Waals surface area contributed by atoms with Gasteiger partial charge in [-0.3, -0.25) is 10.1 Å².